The van der Waals surface area contributed by atoms with Crippen LogP contribution in [0.4, 0.5) is 0 Å². The van der Waals surface area contributed by atoms with E-state index in [9.17, 15) is 0 Å². The van der Waals surface area contributed by atoms with Crippen LogP contribution in [0.2, 0.25) is 5.15 Å². The molecule has 0 radical (unpaired) electrons. The molecular weight excluding hydrogens is 268 g/mol. The summed E-state index contributed by atoms with van der Waals surface area (Å²) in [5.74, 6) is 0. The van der Waals surface area contributed by atoms with Gasteiger partial charge in [0.25, 0.3) is 0 Å². The van der Waals surface area contributed by atoms with Crippen LogP contribution in [0, 0.1) is 6.92 Å². The zero-order valence-electron chi connectivity index (χ0n) is 11.0. The standard InChI is InChI=1S/C17H13ClN2/c1-12-3-2-4-14(9-12)16-11-20-17(18)10-15(16)13-5-7-19-8-6-13/h2-11H,1H3. The van der Waals surface area contributed by atoms with E-state index in [4.69, 9.17) is 11.6 Å². The van der Waals surface area contributed by atoms with Gasteiger partial charge in [-0.1, -0.05) is 41.4 Å². The van der Waals surface area contributed by atoms with E-state index >= 15 is 0 Å². The summed E-state index contributed by atoms with van der Waals surface area (Å²) in [6, 6.07) is 14.2. The van der Waals surface area contributed by atoms with Gasteiger partial charge in [0.1, 0.15) is 5.15 Å². The van der Waals surface area contributed by atoms with Crippen molar-refractivity contribution in [2.24, 2.45) is 0 Å². The largest absolute Gasteiger partial charge is 0.265 e. The van der Waals surface area contributed by atoms with Crippen molar-refractivity contribution in [3.63, 3.8) is 0 Å². The second kappa shape index (κ2) is 5.43. The van der Waals surface area contributed by atoms with Gasteiger partial charge in [0.05, 0.1) is 0 Å². The Morgan fingerprint density at radius 2 is 1.70 bits per heavy atom. The number of aromatic nitrogens is 2. The van der Waals surface area contributed by atoms with E-state index in [2.05, 4.69) is 41.2 Å². The van der Waals surface area contributed by atoms with Gasteiger partial charge in [-0.2, -0.15) is 0 Å². The predicted molar refractivity (Wildman–Crippen MR) is 82.7 cm³/mol. The van der Waals surface area contributed by atoms with Gasteiger partial charge in [-0.15, -0.1) is 0 Å². The van der Waals surface area contributed by atoms with Crippen LogP contribution in [0.15, 0.2) is 61.1 Å². The van der Waals surface area contributed by atoms with E-state index in [1.54, 1.807) is 12.4 Å². The maximum Gasteiger partial charge on any atom is 0.129 e. The molecule has 98 valence electrons. The van der Waals surface area contributed by atoms with Crippen molar-refractivity contribution < 1.29 is 0 Å². The van der Waals surface area contributed by atoms with Crippen LogP contribution in [0.3, 0.4) is 0 Å². The zero-order chi connectivity index (χ0) is 13.9. The summed E-state index contributed by atoms with van der Waals surface area (Å²) in [6.07, 6.45) is 5.39. The Balaban J connectivity index is 2.22. The van der Waals surface area contributed by atoms with Crippen LogP contribution in [0.5, 0.6) is 0 Å². The molecule has 0 saturated heterocycles. The third-order valence-corrected chi connectivity index (χ3v) is 3.40. The van der Waals surface area contributed by atoms with Crippen molar-refractivity contribution >= 4 is 11.6 Å². The van der Waals surface area contributed by atoms with E-state index in [0.717, 1.165) is 22.3 Å². The summed E-state index contributed by atoms with van der Waals surface area (Å²) in [7, 11) is 0. The van der Waals surface area contributed by atoms with Crippen LogP contribution < -0.4 is 0 Å². The molecule has 3 rings (SSSR count). The molecule has 0 unspecified atom stereocenters. The summed E-state index contributed by atoms with van der Waals surface area (Å²) in [5.41, 5.74) is 5.59. The lowest BCUT2D eigenvalue weighted by Gasteiger charge is -2.10. The highest BCUT2D eigenvalue weighted by atomic mass is 35.5. The van der Waals surface area contributed by atoms with E-state index in [-0.39, 0.29) is 0 Å². The summed E-state index contributed by atoms with van der Waals surface area (Å²) in [5, 5.41) is 0.494. The molecule has 2 aromatic heterocycles. The maximum absolute atomic E-state index is 6.06. The third kappa shape index (κ3) is 2.56. The number of hydrogen-bond donors (Lipinski definition) is 0. The first kappa shape index (κ1) is 12.8. The molecule has 0 N–H and O–H groups in total. The molecule has 20 heavy (non-hydrogen) atoms. The van der Waals surface area contributed by atoms with Gasteiger partial charge in [-0.3, -0.25) is 4.98 Å². The van der Waals surface area contributed by atoms with Crippen molar-refractivity contribution in [1.82, 2.24) is 9.97 Å². The molecule has 0 saturated carbocycles. The average Bonchev–Trinajstić information content (AvgIpc) is 2.48. The Labute approximate surface area is 123 Å². The molecule has 2 heterocycles. The number of pyridine rings is 2. The molecule has 2 nitrogen and oxygen atoms in total. The third-order valence-electron chi connectivity index (χ3n) is 3.19. The van der Waals surface area contributed by atoms with Crippen molar-refractivity contribution in [1.29, 1.82) is 0 Å². The van der Waals surface area contributed by atoms with E-state index in [1.807, 2.05) is 24.4 Å². The molecule has 0 bridgehead atoms. The van der Waals surface area contributed by atoms with Crippen LogP contribution in [0.1, 0.15) is 5.56 Å². The second-order valence-electron chi connectivity index (χ2n) is 4.66. The predicted octanol–water partition coefficient (Wildman–Crippen LogP) is 4.77. The van der Waals surface area contributed by atoms with Crippen LogP contribution in [-0.4, -0.2) is 9.97 Å². The molecule has 0 aliphatic carbocycles. The molecule has 0 aliphatic heterocycles. The molecule has 3 heteroatoms. The van der Waals surface area contributed by atoms with Gasteiger partial charge < -0.3 is 0 Å². The summed E-state index contributed by atoms with van der Waals surface area (Å²) in [6.45, 7) is 2.08. The molecule has 1 aromatic carbocycles. The Morgan fingerprint density at radius 3 is 2.45 bits per heavy atom. The van der Waals surface area contributed by atoms with Gasteiger partial charge in [-0.05, 0) is 41.8 Å². The molecular formula is C17H13ClN2. The lowest BCUT2D eigenvalue weighted by molar-refractivity contribution is 1.31. The minimum Gasteiger partial charge on any atom is -0.265 e. The molecule has 0 spiro atoms. The van der Waals surface area contributed by atoms with E-state index in [0.29, 0.717) is 5.15 Å². The lowest BCUT2D eigenvalue weighted by atomic mass is 9.96. The van der Waals surface area contributed by atoms with Crippen molar-refractivity contribution in [2.75, 3.05) is 0 Å². The fourth-order valence-corrected chi connectivity index (χ4v) is 2.40. The van der Waals surface area contributed by atoms with Crippen LogP contribution in [0.25, 0.3) is 22.3 Å². The number of halogens is 1. The fraction of sp³-hybridized carbons (Fsp3) is 0.0588. The number of benzene rings is 1. The summed E-state index contributed by atoms with van der Waals surface area (Å²) < 4.78 is 0. The van der Waals surface area contributed by atoms with Crippen molar-refractivity contribution in [3.05, 3.63) is 71.8 Å². The monoisotopic (exact) mass is 280 g/mol. The van der Waals surface area contributed by atoms with E-state index in [1.165, 1.54) is 5.56 Å². The zero-order valence-corrected chi connectivity index (χ0v) is 11.8. The number of nitrogens with zero attached hydrogens (tertiary/aromatic N) is 2. The number of aryl methyl sites for hydroxylation is 1. The molecule has 0 amide bonds. The highest BCUT2D eigenvalue weighted by Gasteiger charge is 2.09. The average molecular weight is 281 g/mol. The first-order valence-electron chi connectivity index (χ1n) is 6.37. The van der Waals surface area contributed by atoms with Crippen molar-refractivity contribution in [3.8, 4) is 22.3 Å². The highest BCUT2D eigenvalue weighted by molar-refractivity contribution is 6.29. The molecule has 3 aromatic rings. The molecule has 0 atom stereocenters. The minimum atomic E-state index is 0.494. The first-order valence-corrected chi connectivity index (χ1v) is 6.75. The van der Waals surface area contributed by atoms with Crippen molar-refractivity contribution in [2.45, 2.75) is 6.92 Å². The van der Waals surface area contributed by atoms with Gasteiger partial charge in [0.15, 0.2) is 0 Å². The normalized spacial score (nSPS) is 10.5. The van der Waals surface area contributed by atoms with Gasteiger partial charge >= 0.3 is 0 Å². The Kier molecular flexibility index (Phi) is 3.48. The smallest absolute Gasteiger partial charge is 0.129 e. The number of hydrogen-bond acceptors (Lipinski definition) is 2. The second-order valence-corrected chi connectivity index (χ2v) is 5.05. The quantitative estimate of drug-likeness (QED) is 0.632. The van der Waals surface area contributed by atoms with Crippen LogP contribution >= 0.6 is 11.6 Å². The fourth-order valence-electron chi connectivity index (χ4n) is 2.24. The minimum absolute atomic E-state index is 0.494. The number of rotatable bonds is 2. The SMILES string of the molecule is Cc1cccc(-c2cnc(Cl)cc2-c2ccncc2)c1. The lowest BCUT2D eigenvalue weighted by Crippen LogP contribution is -1.89. The topological polar surface area (TPSA) is 25.8 Å². The van der Waals surface area contributed by atoms with Gasteiger partial charge in [0.2, 0.25) is 0 Å². The summed E-state index contributed by atoms with van der Waals surface area (Å²) in [4.78, 5) is 8.28. The Bertz CT molecular complexity index is 739. The Hall–Kier alpha value is -2.19. The van der Waals surface area contributed by atoms with Gasteiger partial charge in [0, 0.05) is 24.2 Å². The molecule has 0 aliphatic rings. The summed E-state index contributed by atoms with van der Waals surface area (Å²) >= 11 is 6.06. The molecule has 0 fully saturated rings. The first-order chi connectivity index (χ1) is 9.74. The maximum atomic E-state index is 6.06. The van der Waals surface area contributed by atoms with Gasteiger partial charge in [-0.25, -0.2) is 4.98 Å². The van der Waals surface area contributed by atoms with Crippen LogP contribution in [-0.2, 0) is 0 Å². The van der Waals surface area contributed by atoms with E-state index < -0.39 is 0 Å². The Morgan fingerprint density at radius 1 is 0.900 bits per heavy atom. The highest BCUT2D eigenvalue weighted by Crippen LogP contribution is 2.33.